The van der Waals surface area contributed by atoms with E-state index in [0.717, 1.165) is 11.1 Å². The molecule has 3 aromatic rings. The van der Waals surface area contributed by atoms with Crippen molar-refractivity contribution >= 4 is 11.7 Å². The minimum Gasteiger partial charge on any atom is -0.368 e. The molecule has 1 amide bonds. The number of hydrogen-bond acceptors (Lipinski definition) is 5. The Morgan fingerprint density at radius 1 is 1.19 bits per heavy atom. The number of aryl methyl sites for hydroxylation is 1. The summed E-state index contributed by atoms with van der Waals surface area (Å²) in [6, 6.07) is 11.9. The highest BCUT2D eigenvalue weighted by molar-refractivity contribution is 5.95. The van der Waals surface area contributed by atoms with E-state index in [4.69, 9.17) is 0 Å². The molecule has 2 atom stereocenters. The summed E-state index contributed by atoms with van der Waals surface area (Å²) in [4.78, 5) is 16.1. The van der Waals surface area contributed by atoms with Crippen molar-refractivity contribution in [2.75, 3.05) is 18.9 Å². The summed E-state index contributed by atoms with van der Waals surface area (Å²) in [5, 5.41) is 14.2. The molecule has 0 aliphatic carbocycles. The van der Waals surface area contributed by atoms with Crippen LogP contribution in [-0.4, -0.2) is 40.9 Å². The van der Waals surface area contributed by atoms with E-state index >= 15 is 0 Å². The lowest BCUT2D eigenvalue weighted by molar-refractivity contribution is 0.0963. The van der Waals surface area contributed by atoms with Crippen molar-refractivity contribution < 1.29 is 13.6 Å². The van der Waals surface area contributed by atoms with E-state index in [9.17, 15) is 13.6 Å². The van der Waals surface area contributed by atoms with Crippen LogP contribution in [-0.2, 0) is 5.41 Å². The fraction of sp³-hybridized carbons (Fsp3) is 0.333. The fourth-order valence-corrected chi connectivity index (χ4v) is 3.78. The van der Waals surface area contributed by atoms with Crippen LogP contribution in [0.5, 0.6) is 0 Å². The van der Waals surface area contributed by atoms with Crippen LogP contribution < -0.4 is 10.6 Å². The number of anilines is 1. The van der Waals surface area contributed by atoms with Gasteiger partial charge >= 0.3 is 0 Å². The van der Waals surface area contributed by atoms with Crippen LogP contribution in [0.2, 0.25) is 0 Å². The van der Waals surface area contributed by atoms with Crippen LogP contribution in [0.15, 0.2) is 48.7 Å². The van der Waals surface area contributed by atoms with Gasteiger partial charge in [-0.1, -0.05) is 6.92 Å². The van der Waals surface area contributed by atoms with Gasteiger partial charge in [-0.05, 0) is 68.3 Å². The molecule has 0 radical (unpaired) electrons. The lowest BCUT2D eigenvalue weighted by Gasteiger charge is -2.30. The van der Waals surface area contributed by atoms with Gasteiger partial charge in [-0.2, -0.15) is 0 Å². The molecule has 0 saturated carbocycles. The number of nitrogens with one attached hydrogen (secondary N) is 2. The molecule has 32 heavy (non-hydrogen) atoms. The zero-order chi connectivity index (χ0) is 23.3. The van der Waals surface area contributed by atoms with Crippen molar-refractivity contribution in [1.82, 2.24) is 20.5 Å². The zero-order valence-electron chi connectivity index (χ0n) is 18.6. The van der Waals surface area contributed by atoms with E-state index < -0.39 is 17.4 Å². The molecule has 0 spiro atoms. The van der Waals surface area contributed by atoms with Gasteiger partial charge in [0.15, 0.2) is 0 Å². The Morgan fingerprint density at radius 3 is 2.59 bits per heavy atom. The molecule has 8 heteroatoms. The van der Waals surface area contributed by atoms with Gasteiger partial charge in [0.1, 0.15) is 11.6 Å². The van der Waals surface area contributed by atoms with Gasteiger partial charge in [0.05, 0.1) is 17.6 Å². The van der Waals surface area contributed by atoms with Gasteiger partial charge in [-0.3, -0.25) is 9.78 Å². The normalized spacial score (nSPS) is 13.8. The number of alkyl halides is 1. The molecule has 2 heterocycles. The second-order valence-corrected chi connectivity index (χ2v) is 8.20. The first kappa shape index (κ1) is 23.2. The second kappa shape index (κ2) is 9.80. The number of nitrogens with zero attached hydrogens (tertiary/aromatic N) is 3. The average molecular weight is 440 g/mol. The Hall–Kier alpha value is -3.42. The molecular weight excluding hydrogens is 412 g/mol. The van der Waals surface area contributed by atoms with E-state index in [1.54, 1.807) is 38.2 Å². The van der Waals surface area contributed by atoms with Gasteiger partial charge in [-0.15, -0.1) is 10.2 Å². The molecule has 0 unspecified atom stereocenters. The molecule has 6 nitrogen and oxygen atoms in total. The molecule has 0 saturated heterocycles. The third-order valence-corrected chi connectivity index (χ3v) is 5.25. The Bertz CT molecular complexity index is 1090. The number of halogens is 2. The number of rotatable bonds is 8. The molecule has 0 aliphatic rings. The first-order chi connectivity index (χ1) is 15.2. The lowest BCUT2D eigenvalue weighted by Crippen LogP contribution is -2.35. The summed E-state index contributed by atoms with van der Waals surface area (Å²) < 4.78 is 28.3. The van der Waals surface area contributed by atoms with Crippen molar-refractivity contribution in [2.24, 2.45) is 0 Å². The molecule has 2 N–H and O–H groups in total. The maximum absolute atomic E-state index is 14.4. The monoisotopic (exact) mass is 439 g/mol. The molecular formula is C24H27F2N5O. The van der Waals surface area contributed by atoms with Crippen LogP contribution in [0, 0.1) is 12.7 Å². The van der Waals surface area contributed by atoms with Crippen LogP contribution in [0.3, 0.4) is 0 Å². The number of aromatic nitrogens is 3. The standard InChI is InChI=1S/C24H27F2N5O/c1-15-10-17(12-18(11-15)23(32)27-4)20-7-8-21(31-30-20)29-14-24(3,13-16(2)25)22-19(26)6-5-9-28-22/h5-12,16H,13-14H2,1-4H3,(H,27,32)(H,29,31)/t16-,24-/m0/s1. The highest BCUT2D eigenvalue weighted by atomic mass is 19.1. The highest BCUT2D eigenvalue weighted by Gasteiger charge is 2.33. The number of pyridine rings is 1. The van der Waals surface area contributed by atoms with Crippen LogP contribution in [0.4, 0.5) is 14.6 Å². The Kier molecular flexibility index (Phi) is 7.12. The van der Waals surface area contributed by atoms with Crippen molar-refractivity contribution in [2.45, 2.75) is 38.8 Å². The predicted molar refractivity (Wildman–Crippen MR) is 121 cm³/mol. The first-order valence-electron chi connectivity index (χ1n) is 10.4. The van der Waals surface area contributed by atoms with Crippen LogP contribution in [0.25, 0.3) is 11.3 Å². The van der Waals surface area contributed by atoms with E-state index in [2.05, 4.69) is 25.8 Å². The fourth-order valence-electron chi connectivity index (χ4n) is 3.78. The van der Waals surface area contributed by atoms with Crippen LogP contribution in [0.1, 0.15) is 41.9 Å². The van der Waals surface area contributed by atoms with Gasteiger partial charge in [0, 0.05) is 36.3 Å². The molecule has 0 fully saturated rings. The minimum atomic E-state index is -1.13. The summed E-state index contributed by atoms with van der Waals surface area (Å²) in [6.45, 7) is 5.36. The van der Waals surface area contributed by atoms with E-state index in [-0.39, 0.29) is 24.6 Å². The van der Waals surface area contributed by atoms with Gasteiger partial charge in [0.25, 0.3) is 5.91 Å². The largest absolute Gasteiger partial charge is 0.368 e. The number of benzene rings is 1. The Labute approximate surface area is 186 Å². The average Bonchev–Trinajstić information content (AvgIpc) is 2.77. The SMILES string of the molecule is CNC(=O)c1cc(C)cc(-c2ccc(NC[C@](C)(C[C@H](C)F)c3ncccc3F)nn2)c1. The van der Waals surface area contributed by atoms with Crippen molar-refractivity contribution in [1.29, 1.82) is 0 Å². The summed E-state index contributed by atoms with van der Waals surface area (Å²) in [6.07, 6.45) is 0.473. The third-order valence-electron chi connectivity index (χ3n) is 5.25. The lowest BCUT2D eigenvalue weighted by atomic mass is 9.81. The molecule has 168 valence electrons. The molecule has 2 aromatic heterocycles. The first-order valence-corrected chi connectivity index (χ1v) is 10.4. The Balaban J connectivity index is 1.80. The van der Waals surface area contributed by atoms with Crippen molar-refractivity contribution in [3.63, 3.8) is 0 Å². The van der Waals surface area contributed by atoms with E-state index in [1.165, 1.54) is 25.3 Å². The maximum atomic E-state index is 14.4. The van der Waals surface area contributed by atoms with Gasteiger partial charge < -0.3 is 10.6 Å². The maximum Gasteiger partial charge on any atom is 0.251 e. The summed E-state index contributed by atoms with van der Waals surface area (Å²) in [5.41, 5.74) is 2.19. The number of hydrogen-bond donors (Lipinski definition) is 2. The molecule has 0 bridgehead atoms. The topological polar surface area (TPSA) is 79.8 Å². The summed E-state index contributed by atoms with van der Waals surface area (Å²) >= 11 is 0. The zero-order valence-corrected chi connectivity index (χ0v) is 18.6. The van der Waals surface area contributed by atoms with Crippen molar-refractivity contribution in [3.8, 4) is 11.3 Å². The number of carbonyl (C=O) groups is 1. The third kappa shape index (κ3) is 5.43. The Morgan fingerprint density at radius 2 is 1.97 bits per heavy atom. The van der Waals surface area contributed by atoms with Gasteiger partial charge in [-0.25, -0.2) is 8.78 Å². The highest BCUT2D eigenvalue weighted by Crippen LogP contribution is 2.31. The van der Waals surface area contributed by atoms with E-state index in [1.807, 2.05) is 13.0 Å². The van der Waals surface area contributed by atoms with Crippen LogP contribution >= 0.6 is 0 Å². The number of amides is 1. The molecule has 3 rings (SSSR count). The quantitative estimate of drug-likeness (QED) is 0.542. The number of carbonyl (C=O) groups excluding carboxylic acids is 1. The predicted octanol–water partition coefficient (Wildman–Crippen LogP) is 4.46. The van der Waals surface area contributed by atoms with Gasteiger partial charge in [0.2, 0.25) is 0 Å². The van der Waals surface area contributed by atoms with Crippen molar-refractivity contribution in [3.05, 3.63) is 71.3 Å². The molecule has 0 aliphatic heterocycles. The smallest absolute Gasteiger partial charge is 0.251 e. The second-order valence-electron chi connectivity index (χ2n) is 8.20. The molecule has 1 aromatic carbocycles. The minimum absolute atomic E-state index is 0.102. The van der Waals surface area contributed by atoms with E-state index in [0.29, 0.717) is 17.1 Å². The summed E-state index contributed by atoms with van der Waals surface area (Å²) in [5.74, 6) is -0.170. The summed E-state index contributed by atoms with van der Waals surface area (Å²) in [7, 11) is 1.58.